The highest BCUT2D eigenvalue weighted by Gasteiger charge is 2.54. The molecule has 4 nitrogen and oxygen atoms in total. The van der Waals surface area contributed by atoms with E-state index in [9.17, 15) is 9.59 Å². The van der Waals surface area contributed by atoms with Gasteiger partial charge in [-0.05, 0) is 78.5 Å². The van der Waals surface area contributed by atoms with Crippen LogP contribution in [-0.2, 0) is 19.1 Å². The van der Waals surface area contributed by atoms with Gasteiger partial charge in [-0.25, -0.2) is 4.79 Å². The molecule has 1 unspecified atom stereocenters. The summed E-state index contributed by atoms with van der Waals surface area (Å²) < 4.78 is 11.7. The molecule has 5 aliphatic rings. The van der Waals surface area contributed by atoms with Crippen LogP contribution in [0.3, 0.4) is 0 Å². The van der Waals surface area contributed by atoms with E-state index in [1.54, 1.807) is 0 Å². The maximum atomic E-state index is 13.5. The predicted molar refractivity (Wildman–Crippen MR) is 112 cm³/mol. The van der Waals surface area contributed by atoms with Crippen molar-refractivity contribution in [2.24, 2.45) is 17.8 Å². The zero-order valence-electron chi connectivity index (χ0n) is 17.0. The lowest BCUT2D eigenvalue weighted by Gasteiger charge is -2.55. The molecule has 0 heterocycles. The van der Waals surface area contributed by atoms with Crippen molar-refractivity contribution in [2.45, 2.75) is 56.1 Å². The Morgan fingerprint density at radius 1 is 0.867 bits per heavy atom. The zero-order chi connectivity index (χ0) is 20.3. The highest BCUT2D eigenvalue weighted by atomic mass is 16.6. The van der Waals surface area contributed by atoms with Crippen LogP contribution in [0.2, 0.25) is 0 Å². The molecule has 7 rings (SSSR count). The summed E-state index contributed by atoms with van der Waals surface area (Å²) in [5.41, 5.74) is 3.88. The summed E-state index contributed by atoms with van der Waals surface area (Å²) in [5, 5.41) is 0. The smallest absolute Gasteiger partial charge is 0.349 e. The monoisotopic (exact) mass is 402 g/mol. The van der Waals surface area contributed by atoms with Crippen molar-refractivity contribution in [3.05, 3.63) is 59.7 Å². The Bertz CT molecular complexity index is 929. The Labute approximate surface area is 176 Å². The second-order valence-corrected chi connectivity index (χ2v) is 9.83. The molecule has 0 saturated heterocycles. The quantitative estimate of drug-likeness (QED) is 0.530. The number of rotatable bonds is 5. The highest BCUT2D eigenvalue weighted by molar-refractivity contribution is 5.85. The number of hydrogen-bond donors (Lipinski definition) is 0. The second-order valence-electron chi connectivity index (χ2n) is 9.83. The highest BCUT2D eigenvalue weighted by Crippen LogP contribution is 2.57. The average Bonchev–Trinajstić information content (AvgIpc) is 3.05. The van der Waals surface area contributed by atoms with Crippen molar-refractivity contribution in [3.8, 4) is 11.1 Å². The van der Waals surface area contributed by atoms with Gasteiger partial charge in [-0.15, -0.1) is 0 Å². The average molecular weight is 402 g/mol. The lowest BCUT2D eigenvalue weighted by Crippen LogP contribution is -2.54. The molecule has 2 aromatic rings. The van der Waals surface area contributed by atoms with Crippen LogP contribution in [0.15, 0.2) is 48.5 Å². The first kappa shape index (κ1) is 18.2. The Morgan fingerprint density at radius 3 is 1.87 bits per heavy atom. The molecule has 2 aromatic carbocycles. The minimum absolute atomic E-state index is 0.330. The lowest BCUT2D eigenvalue weighted by molar-refractivity contribution is -0.198. The van der Waals surface area contributed by atoms with Gasteiger partial charge in [0.05, 0.1) is 5.92 Å². The van der Waals surface area contributed by atoms with E-state index in [0.717, 1.165) is 41.5 Å². The summed E-state index contributed by atoms with van der Waals surface area (Å²) >= 11 is 0. The molecule has 5 aliphatic carbocycles. The van der Waals surface area contributed by atoms with Crippen LogP contribution < -0.4 is 0 Å². The third-order valence-electron chi connectivity index (χ3n) is 7.92. The Hall–Kier alpha value is -2.62. The molecule has 4 heteroatoms. The Balaban J connectivity index is 1.34. The molecule has 4 saturated carbocycles. The normalized spacial score (nSPS) is 31.7. The SMILES string of the molecule is O=COC(C(=O)OC12CC3CC(CC(C3)C1)C2)C1c2ccccc2-c2ccccc21. The number of fused-ring (bicyclic) bond motifs is 3. The first-order chi connectivity index (χ1) is 14.7. The van der Waals surface area contributed by atoms with Gasteiger partial charge >= 0.3 is 5.97 Å². The zero-order valence-corrected chi connectivity index (χ0v) is 17.0. The van der Waals surface area contributed by atoms with Crippen molar-refractivity contribution >= 4 is 12.4 Å². The van der Waals surface area contributed by atoms with Gasteiger partial charge in [-0.2, -0.15) is 0 Å². The van der Waals surface area contributed by atoms with Crippen LogP contribution in [-0.4, -0.2) is 24.1 Å². The molecule has 154 valence electrons. The molecule has 0 N–H and O–H groups in total. The van der Waals surface area contributed by atoms with Gasteiger partial charge in [0.2, 0.25) is 6.10 Å². The number of carbonyl (C=O) groups excluding carboxylic acids is 2. The maximum absolute atomic E-state index is 13.5. The molecule has 0 radical (unpaired) electrons. The second kappa shape index (κ2) is 6.69. The fourth-order valence-corrected chi connectivity index (χ4v) is 7.28. The van der Waals surface area contributed by atoms with Crippen LogP contribution in [0.25, 0.3) is 11.1 Å². The fraction of sp³-hybridized carbons (Fsp3) is 0.462. The van der Waals surface area contributed by atoms with E-state index >= 15 is 0 Å². The van der Waals surface area contributed by atoms with E-state index < -0.39 is 6.10 Å². The van der Waals surface area contributed by atoms with Gasteiger partial charge in [0.25, 0.3) is 6.47 Å². The molecule has 4 fully saturated rings. The summed E-state index contributed by atoms with van der Waals surface area (Å²) in [7, 11) is 0. The predicted octanol–water partition coefficient (Wildman–Crippen LogP) is 4.85. The van der Waals surface area contributed by atoms with Gasteiger partial charge in [-0.1, -0.05) is 48.5 Å². The molecule has 30 heavy (non-hydrogen) atoms. The van der Waals surface area contributed by atoms with Crippen molar-refractivity contribution in [2.75, 3.05) is 0 Å². The summed E-state index contributed by atoms with van der Waals surface area (Å²) in [4.78, 5) is 25.0. The van der Waals surface area contributed by atoms with E-state index in [2.05, 4.69) is 12.1 Å². The molecule has 0 amide bonds. The van der Waals surface area contributed by atoms with Crippen LogP contribution in [0, 0.1) is 17.8 Å². The maximum Gasteiger partial charge on any atom is 0.349 e. The summed E-state index contributed by atoms with van der Waals surface area (Å²) in [6.45, 7) is 0.398. The third kappa shape index (κ3) is 2.73. The summed E-state index contributed by atoms with van der Waals surface area (Å²) in [6.07, 6.45) is 5.81. The third-order valence-corrected chi connectivity index (χ3v) is 7.92. The van der Waals surface area contributed by atoms with E-state index in [-0.39, 0.29) is 17.5 Å². The minimum Gasteiger partial charge on any atom is -0.456 e. The van der Waals surface area contributed by atoms with E-state index in [4.69, 9.17) is 9.47 Å². The number of hydrogen-bond acceptors (Lipinski definition) is 4. The van der Waals surface area contributed by atoms with Gasteiger partial charge < -0.3 is 9.47 Å². The van der Waals surface area contributed by atoms with E-state index in [0.29, 0.717) is 24.2 Å². The summed E-state index contributed by atoms with van der Waals surface area (Å²) in [6, 6.07) is 16.1. The molecule has 0 aromatic heterocycles. The van der Waals surface area contributed by atoms with E-state index in [1.807, 2.05) is 36.4 Å². The van der Waals surface area contributed by atoms with Crippen LogP contribution in [0.1, 0.15) is 55.6 Å². The molecular weight excluding hydrogens is 376 g/mol. The lowest BCUT2D eigenvalue weighted by atomic mass is 9.54. The number of ether oxygens (including phenoxy) is 2. The molecule has 4 bridgehead atoms. The van der Waals surface area contributed by atoms with Gasteiger partial charge in [-0.3, -0.25) is 4.79 Å². The van der Waals surface area contributed by atoms with Crippen LogP contribution in [0.4, 0.5) is 0 Å². The fourth-order valence-electron chi connectivity index (χ4n) is 7.28. The van der Waals surface area contributed by atoms with Crippen LogP contribution in [0.5, 0.6) is 0 Å². The van der Waals surface area contributed by atoms with Crippen molar-refractivity contribution in [1.82, 2.24) is 0 Å². The standard InChI is InChI=1S/C26H26O4/c27-15-29-24(23-21-7-3-1-5-19(21)20-6-2-4-8-22(20)23)25(28)30-26-12-16-9-17(13-26)11-18(10-16)14-26/h1-8,15-18,23-24H,9-14H2. The minimum atomic E-state index is -0.958. The Kier molecular flexibility index (Phi) is 4.06. The largest absolute Gasteiger partial charge is 0.456 e. The number of esters is 1. The molecular formula is C26H26O4. The van der Waals surface area contributed by atoms with Crippen molar-refractivity contribution < 1.29 is 19.1 Å². The van der Waals surface area contributed by atoms with Gasteiger partial charge in [0.15, 0.2) is 0 Å². The molecule has 0 aliphatic heterocycles. The molecule has 1 atom stereocenters. The topological polar surface area (TPSA) is 52.6 Å². The number of carbonyl (C=O) groups is 2. The Morgan fingerprint density at radius 2 is 1.37 bits per heavy atom. The van der Waals surface area contributed by atoms with E-state index in [1.165, 1.54) is 19.3 Å². The number of benzene rings is 2. The van der Waals surface area contributed by atoms with Gasteiger partial charge in [0, 0.05) is 0 Å². The van der Waals surface area contributed by atoms with Crippen LogP contribution >= 0.6 is 0 Å². The van der Waals surface area contributed by atoms with Crippen molar-refractivity contribution in [3.63, 3.8) is 0 Å². The first-order valence-corrected chi connectivity index (χ1v) is 11.2. The summed E-state index contributed by atoms with van der Waals surface area (Å²) in [5.74, 6) is 1.33. The first-order valence-electron chi connectivity index (χ1n) is 11.2. The molecule has 0 spiro atoms. The van der Waals surface area contributed by atoms with Gasteiger partial charge in [0.1, 0.15) is 5.60 Å². The van der Waals surface area contributed by atoms with Crippen molar-refractivity contribution in [1.29, 1.82) is 0 Å².